The molecule has 0 saturated carbocycles. The zero-order chi connectivity index (χ0) is 9.97. The molecule has 0 spiro atoms. The summed E-state index contributed by atoms with van der Waals surface area (Å²) in [5, 5.41) is 4.40. The van der Waals surface area contributed by atoms with Crippen molar-refractivity contribution in [2.45, 2.75) is 0 Å². The van der Waals surface area contributed by atoms with Gasteiger partial charge in [-0.25, -0.2) is 4.79 Å². The van der Waals surface area contributed by atoms with Crippen LogP contribution < -0.4 is 10.1 Å². The lowest BCUT2D eigenvalue weighted by atomic mass is 10.3. The number of amides is 1. The molecule has 1 aliphatic heterocycles. The maximum atomic E-state index is 11.0. The highest BCUT2D eigenvalue weighted by Gasteiger charge is 2.12. The third-order valence-corrected chi connectivity index (χ3v) is 2.76. The lowest BCUT2D eigenvalue weighted by Gasteiger charge is -2.03. The molecule has 72 valence electrons. The van der Waals surface area contributed by atoms with E-state index in [9.17, 15) is 4.79 Å². The van der Waals surface area contributed by atoms with Crippen LogP contribution in [0, 0.1) is 0 Å². The molecule has 0 saturated heterocycles. The van der Waals surface area contributed by atoms with Crippen molar-refractivity contribution in [3.8, 4) is 16.2 Å². The van der Waals surface area contributed by atoms with Gasteiger partial charge in [0, 0.05) is 17.5 Å². The van der Waals surface area contributed by atoms with E-state index < -0.39 is 6.09 Å². The Morgan fingerprint density at radius 3 is 3.07 bits per heavy atom. The van der Waals surface area contributed by atoms with Crippen molar-refractivity contribution in [1.29, 1.82) is 0 Å². The molecule has 1 heterocycles. The first kappa shape index (κ1) is 9.02. The van der Waals surface area contributed by atoms with Gasteiger partial charge in [0.25, 0.3) is 0 Å². The van der Waals surface area contributed by atoms with Crippen LogP contribution >= 0.6 is 11.3 Å². The summed E-state index contributed by atoms with van der Waals surface area (Å²) >= 11 is 1.62. The summed E-state index contributed by atoms with van der Waals surface area (Å²) in [6, 6.07) is 7.61. The Morgan fingerprint density at radius 1 is 1.43 bits per heavy atom. The third-order valence-electron chi connectivity index (χ3n) is 1.86. The largest absolute Gasteiger partial charge is 0.412 e. The minimum atomic E-state index is -0.439. The summed E-state index contributed by atoms with van der Waals surface area (Å²) < 4.78 is 5.07. The van der Waals surface area contributed by atoms with E-state index >= 15 is 0 Å². The van der Waals surface area contributed by atoms with Crippen LogP contribution in [0.15, 0.2) is 29.6 Å². The van der Waals surface area contributed by atoms with Gasteiger partial charge < -0.3 is 10.1 Å². The Balaban J connectivity index is 2.31. The van der Waals surface area contributed by atoms with Crippen molar-refractivity contribution in [2.75, 3.05) is 7.05 Å². The van der Waals surface area contributed by atoms with Crippen molar-refractivity contribution in [3.05, 3.63) is 29.6 Å². The van der Waals surface area contributed by atoms with Crippen LogP contribution in [-0.2, 0) is 0 Å². The van der Waals surface area contributed by atoms with Crippen LogP contribution in [-0.4, -0.2) is 13.1 Å². The van der Waals surface area contributed by atoms with Gasteiger partial charge in [-0.1, -0.05) is 6.07 Å². The van der Waals surface area contributed by atoms with E-state index in [-0.39, 0.29) is 0 Å². The van der Waals surface area contributed by atoms with Gasteiger partial charge >= 0.3 is 6.09 Å². The van der Waals surface area contributed by atoms with Crippen molar-refractivity contribution in [3.63, 3.8) is 0 Å². The van der Waals surface area contributed by atoms with E-state index in [1.165, 1.54) is 7.05 Å². The van der Waals surface area contributed by atoms with Gasteiger partial charge in [0.2, 0.25) is 0 Å². The molecule has 0 atom stereocenters. The smallest absolute Gasteiger partial charge is 0.410 e. The molecule has 0 aromatic rings. The average molecular weight is 207 g/mol. The Bertz CT molecular complexity index is 424. The predicted molar refractivity (Wildman–Crippen MR) is 56.0 cm³/mol. The van der Waals surface area contributed by atoms with Gasteiger partial charge in [-0.05, 0) is 23.6 Å². The first-order valence-electron chi connectivity index (χ1n) is 4.17. The SMILES string of the molecule is CNC(=O)Oc1ccc2scccc1-2. The second kappa shape index (κ2) is 3.67. The molecular formula is C10H9NO2S. The monoisotopic (exact) mass is 207 g/mol. The minimum Gasteiger partial charge on any atom is -0.410 e. The molecule has 2 rings (SSSR count). The topological polar surface area (TPSA) is 38.3 Å². The number of fused-ring (bicyclic) bond motifs is 1. The van der Waals surface area contributed by atoms with Crippen LogP contribution in [0.4, 0.5) is 4.79 Å². The molecule has 0 fully saturated rings. The number of hydrogen-bond donors (Lipinski definition) is 1. The first-order valence-corrected chi connectivity index (χ1v) is 5.05. The van der Waals surface area contributed by atoms with Gasteiger partial charge in [0.05, 0.1) is 0 Å². The molecule has 0 bridgehead atoms. The second-order valence-electron chi connectivity index (χ2n) is 2.73. The number of hydrogen-bond acceptors (Lipinski definition) is 3. The lowest BCUT2D eigenvalue weighted by molar-refractivity contribution is 0.203. The zero-order valence-corrected chi connectivity index (χ0v) is 8.43. The number of ether oxygens (including phenoxy) is 1. The van der Waals surface area contributed by atoms with Gasteiger partial charge in [-0.2, -0.15) is 0 Å². The zero-order valence-electron chi connectivity index (χ0n) is 7.61. The fourth-order valence-electron chi connectivity index (χ4n) is 1.21. The van der Waals surface area contributed by atoms with Crippen molar-refractivity contribution < 1.29 is 9.53 Å². The second-order valence-corrected chi connectivity index (χ2v) is 3.68. The molecule has 4 heteroatoms. The first-order chi connectivity index (χ1) is 6.81. The summed E-state index contributed by atoms with van der Waals surface area (Å²) in [5.74, 6) is 0.608. The maximum Gasteiger partial charge on any atom is 0.412 e. The number of carbonyl (C=O) groups is 1. The van der Waals surface area contributed by atoms with E-state index in [4.69, 9.17) is 4.74 Å². The number of rotatable bonds is 1. The third kappa shape index (κ3) is 1.56. The van der Waals surface area contributed by atoms with E-state index in [0.29, 0.717) is 5.75 Å². The Kier molecular flexibility index (Phi) is 2.37. The van der Waals surface area contributed by atoms with Gasteiger partial charge in [-0.15, -0.1) is 11.3 Å². The van der Waals surface area contributed by atoms with Crippen LogP contribution in [0.2, 0.25) is 0 Å². The Hall–Kier alpha value is -1.55. The number of carbonyl (C=O) groups excluding carboxylic acids is 1. The molecule has 1 aliphatic carbocycles. The van der Waals surface area contributed by atoms with Crippen LogP contribution in [0.25, 0.3) is 10.4 Å². The molecule has 1 N–H and O–H groups in total. The van der Waals surface area contributed by atoms with Crippen LogP contribution in [0.5, 0.6) is 5.75 Å². The fraction of sp³-hybridized carbons (Fsp3) is 0.100. The van der Waals surface area contributed by atoms with Crippen LogP contribution in [0.1, 0.15) is 0 Å². The molecule has 0 aromatic heterocycles. The van der Waals surface area contributed by atoms with Crippen molar-refractivity contribution in [2.24, 2.45) is 0 Å². The standard InChI is InChI=1S/C10H9NO2S/c1-11-10(12)13-8-4-5-9-7(8)3-2-6-14-9/h2-6H,1H3,(H,11,12). The molecule has 3 nitrogen and oxygen atoms in total. The molecule has 0 aromatic carbocycles. The Morgan fingerprint density at radius 2 is 2.29 bits per heavy atom. The number of nitrogens with one attached hydrogen (secondary N) is 1. The molecule has 0 radical (unpaired) electrons. The normalized spacial score (nSPS) is 10.1. The molecular weight excluding hydrogens is 198 g/mol. The highest BCUT2D eigenvalue weighted by atomic mass is 32.1. The summed E-state index contributed by atoms with van der Waals surface area (Å²) in [7, 11) is 1.54. The summed E-state index contributed by atoms with van der Waals surface area (Å²) in [6.45, 7) is 0. The highest BCUT2D eigenvalue weighted by Crippen LogP contribution is 2.36. The molecule has 0 unspecified atom stereocenters. The van der Waals surface area contributed by atoms with Crippen molar-refractivity contribution >= 4 is 17.4 Å². The summed E-state index contributed by atoms with van der Waals surface area (Å²) in [4.78, 5) is 12.1. The quantitative estimate of drug-likeness (QED) is 0.780. The van der Waals surface area contributed by atoms with E-state index in [1.807, 2.05) is 23.6 Å². The van der Waals surface area contributed by atoms with Crippen LogP contribution in [0.3, 0.4) is 0 Å². The van der Waals surface area contributed by atoms with E-state index in [2.05, 4.69) is 5.32 Å². The van der Waals surface area contributed by atoms with Gasteiger partial charge in [0.1, 0.15) is 5.75 Å². The average Bonchev–Trinajstić information content (AvgIpc) is 2.62. The van der Waals surface area contributed by atoms with E-state index in [0.717, 1.165) is 10.4 Å². The molecule has 14 heavy (non-hydrogen) atoms. The van der Waals surface area contributed by atoms with Crippen molar-refractivity contribution in [1.82, 2.24) is 5.32 Å². The lowest BCUT2D eigenvalue weighted by Crippen LogP contribution is -2.21. The minimum absolute atomic E-state index is 0.439. The predicted octanol–water partition coefficient (Wildman–Crippen LogP) is 2.57. The summed E-state index contributed by atoms with van der Waals surface area (Å²) in [5.41, 5.74) is 0.973. The van der Waals surface area contributed by atoms with Gasteiger partial charge in [-0.3, -0.25) is 0 Å². The highest BCUT2D eigenvalue weighted by molar-refractivity contribution is 7.13. The molecule has 1 amide bonds. The molecule has 2 aliphatic rings. The summed E-state index contributed by atoms with van der Waals surface area (Å²) in [6.07, 6.45) is -0.439. The Labute approximate surface area is 85.7 Å². The van der Waals surface area contributed by atoms with E-state index in [1.54, 1.807) is 17.4 Å². The maximum absolute atomic E-state index is 11.0. The fourth-order valence-corrected chi connectivity index (χ4v) is 1.95. The van der Waals surface area contributed by atoms with Gasteiger partial charge in [0.15, 0.2) is 0 Å².